The summed E-state index contributed by atoms with van der Waals surface area (Å²) in [5.74, 6) is -0.120. The van der Waals surface area contributed by atoms with Gasteiger partial charge in [-0.05, 0) is 75.4 Å². The molecular weight excluding hydrogens is 368 g/mol. The maximum absolute atomic E-state index is 12.4. The van der Waals surface area contributed by atoms with Gasteiger partial charge in [-0.2, -0.15) is 0 Å². The average molecular weight is 390 g/mol. The zero-order valence-electron chi connectivity index (χ0n) is 16.5. The molecule has 0 aliphatic rings. The minimum absolute atomic E-state index is 0.247. The lowest BCUT2D eigenvalue weighted by Gasteiger charge is -2.09. The Morgan fingerprint density at radius 1 is 0.862 bits per heavy atom. The van der Waals surface area contributed by atoms with Gasteiger partial charge in [-0.3, -0.25) is 4.79 Å². The molecule has 1 amide bonds. The third kappa shape index (κ3) is 5.38. The van der Waals surface area contributed by atoms with E-state index < -0.39 is 0 Å². The van der Waals surface area contributed by atoms with Crippen LogP contribution < -0.4 is 10.6 Å². The Morgan fingerprint density at radius 2 is 1.41 bits per heavy atom. The summed E-state index contributed by atoms with van der Waals surface area (Å²) in [7, 11) is 0. The standard InChI is InChI=1S/C22H22N4O3/c1-4-29-21(28)17-7-11-18(12-8-17)25-20(27)16-5-9-19(10-6-16)26-22-23-14(2)13-15(3)24-22/h5-13H,4H2,1-3H3,(H,25,27)(H,23,24,26). The molecule has 0 spiro atoms. The molecule has 7 heteroatoms. The number of hydrogen-bond acceptors (Lipinski definition) is 6. The van der Waals surface area contributed by atoms with Crippen molar-refractivity contribution >= 4 is 29.2 Å². The number of nitrogens with zero attached hydrogens (tertiary/aromatic N) is 2. The van der Waals surface area contributed by atoms with E-state index in [0.717, 1.165) is 17.1 Å². The summed E-state index contributed by atoms with van der Waals surface area (Å²) in [4.78, 5) is 32.8. The number of aryl methyl sites for hydroxylation is 2. The molecule has 29 heavy (non-hydrogen) atoms. The number of carbonyl (C=O) groups is 2. The number of amides is 1. The minimum Gasteiger partial charge on any atom is -0.462 e. The summed E-state index contributed by atoms with van der Waals surface area (Å²) in [5, 5.41) is 5.94. The lowest BCUT2D eigenvalue weighted by molar-refractivity contribution is 0.0526. The van der Waals surface area contributed by atoms with Crippen molar-refractivity contribution in [2.45, 2.75) is 20.8 Å². The first-order valence-electron chi connectivity index (χ1n) is 9.22. The zero-order chi connectivity index (χ0) is 20.8. The van der Waals surface area contributed by atoms with E-state index in [1.165, 1.54) is 0 Å². The van der Waals surface area contributed by atoms with Crippen molar-refractivity contribution in [2.75, 3.05) is 17.2 Å². The topological polar surface area (TPSA) is 93.2 Å². The van der Waals surface area contributed by atoms with E-state index in [2.05, 4.69) is 20.6 Å². The first-order chi connectivity index (χ1) is 13.9. The Morgan fingerprint density at radius 3 is 2.00 bits per heavy atom. The molecule has 1 heterocycles. The lowest BCUT2D eigenvalue weighted by Crippen LogP contribution is -2.12. The van der Waals surface area contributed by atoms with Crippen molar-refractivity contribution in [1.29, 1.82) is 0 Å². The molecule has 0 fully saturated rings. The summed E-state index contributed by atoms with van der Waals surface area (Å²) in [6.07, 6.45) is 0. The highest BCUT2D eigenvalue weighted by atomic mass is 16.5. The van der Waals surface area contributed by atoms with E-state index in [0.29, 0.717) is 29.4 Å². The summed E-state index contributed by atoms with van der Waals surface area (Å²) < 4.78 is 4.94. The number of nitrogens with one attached hydrogen (secondary N) is 2. The molecule has 0 radical (unpaired) electrons. The highest BCUT2D eigenvalue weighted by Gasteiger charge is 2.09. The van der Waals surface area contributed by atoms with Gasteiger partial charge in [-0.1, -0.05) is 0 Å². The second kappa shape index (κ2) is 8.97. The van der Waals surface area contributed by atoms with Gasteiger partial charge in [0.05, 0.1) is 12.2 Å². The monoisotopic (exact) mass is 390 g/mol. The molecule has 0 saturated heterocycles. The average Bonchev–Trinajstić information content (AvgIpc) is 2.68. The first-order valence-corrected chi connectivity index (χ1v) is 9.22. The van der Waals surface area contributed by atoms with Crippen LogP contribution in [0.5, 0.6) is 0 Å². The Hall–Kier alpha value is -3.74. The van der Waals surface area contributed by atoms with E-state index in [4.69, 9.17) is 4.74 Å². The smallest absolute Gasteiger partial charge is 0.338 e. The second-order valence-corrected chi connectivity index (χ2v) is 6.43. The molecular formula is C22H22N4O3. The minimum atomic E-state index is -0.388. The predicted octanol–water partition coefficient (Wildman–Crippen LogP) is 4.27. The molecule has 0 atom stereocenters. The Labute approximate surface area is 169 Å². The van der Waals surface area contributed by atoms with Crippen LogP contribution in [-0.2, 0) is 4.74 Å². The highest BCUT2D eigenvalue weighted by Crippen LogP contribution is 2.17. The Kier molecular flexibility index (Phi) is 6.19. The van der Waals surface area contributed by atoms with Gasteiger partial charge in [0.15, 0.2) is 0 Å². The van der Waals surface area contributed by atoms with E-state index in [-0.39, 0.29) is 11.9 Å². The number of hydrogen-bond donors (Lipinski definition) is 2. The van der Waals surface area contributed by atoms with E-state index >= 15 is 0 Å². The molecule has 3 aromatic rings. The van der Waals surface area contributed by atoms with Crippen LogP contribution in [0.3, 0.4) is 0 Å². The number of esters is 1. The third-order valence-electron chi connectivity index (χ3n) is 4.04. The van der Waals surface area contributed by atoms with E-state index in [1.54, 1.807) is 55.5 Å². The molecule has 0 unspecified atom stereocenters. The van der Waals surface area contributed by atoms with Gasteiger partial charge < -0.3 is 15.4 Å². The molecule has 2 N–H and O–H groups in total. The highest BCUT2D eigenvalue weighted by molar-refractivity contribution is 6.04. The van der Waals surface area contributed by atoms with Crippen LogP contribution in [0.4, 0.5) is 17.3 Å². The molecule has 148 valence electrons. The lowest BCUT2D eigenvalue weighted by atomic mass is 10.1. The van der Waals surface area contributed by atoms with Gasteiger partial charge in [0, 0.05) is 28.3 Å². The normalized spacial score (nSPS) is 10.3. The van der Waals surface area contributed by atoms with Crippen molar-refractivity contribution in [3.05, 3.63) is 77.1 Å². The summed E-state index contributed by atoms with van der Waals surface area (Å²) in [5.41, 5.74) is 4.08. The predicted molar refractivity (Wildman–Crippen MR) is 112 cm³/mol. The van der Waals surface area contributed by atoms with Gasteiger partial charge in [0.25, 0.3) is 5.91 Å². The fraction of sp³-hybridized carbons (Fsp3) is 0.182. The number of ether oxygens (including phenoxy) is 1. The van der Waals surface area contributed by atoms with Gasteiger partial charge in [0.1, 0.15) is 0 Å². The van der Waals surface area contributed by atoms with E-state index in [9.17, 15) is 9.59 Å². The molecule has 0 aliphatic heterocycles. The van der Waals surface area contributed by atoms with Gasteiger partial charge >= 0.3 is 5.97 Å². The number of anilines is 3. The molecule has 0 bridgehead atoms. The quantitative estimate of drug-likeness (QED) is 0.611. The van der Waals surface area contributed by atoms with Gasteiger partial charge in [-0.25, -0.2) is 14.8 Å². The van der Waals surface area contributed by atoms with Crippen LogP contribution in [0.1, 0.15) is 39.0 Å². The van der Waals surface area contributed by atoms with Crippen molar-refractivity contribution < 1.29 is 14.3 Å². The van der Waals surface area contributed by atoms with Crippen LogP contribution >= 0.6 is 0 Å². The molecule has 0 saturated carbocycles. The number of carbonyl (C=O) groups excluding carboxylic acids is 2. The van der Waals surface area contributed by atoms with Crippen LogP contribution in [0.25, 0.3) is 0 Å². The summed E-state index contributed by atoms with van der Waals surface area (Å²) >= 11 is 0. The SMILES string of the molecule is CCOC(=O)c1ccc(NC(=O)c2ccc(Nc3nc(C)cc(C)n3)cc2)cc1. The maximum Gasteiger partial charge on any atom is 0.338 e. The molecule has 7 nitrogen and oxygen atoms in total. The molecule has 1 aromatic heterocycles. The van der Waals surface area contributed by atoms with Crippen molar-refractivity contribution in [3.8, 4) is 0 Å². The summed E-state index contributed by atoms with van der Waals surface area (Å²) in [6.45, 7) is 5.89. The van der Waals surface area contributed by atoms with Crippen molar-refractivity contribution in [1.82, 2.24) is 9.97 Å². The maximum atomic E-state index is 12.4. The number of aromatic nitrogens is 2. The van der Waals surface area contributed by atoms with Crippen LogP contribution in [0.15, 0.2) is 54.6 Å². The van der Waals surface area contributed by atoms with Crippen LogP contribution in [0.2, 0.25) is 0 Å². The van der Waals surface area contributed by atoms with Crippen LogP contribution in [0, 0.1) is 13.8 Å². The zero-order valence-corrected chi connectivity index (χ0v) is 16.5. The van der Waals surface area contributed by atoms with Crippen molar-refractivity contribution in [3.63, 3.8) is 0 Å². The molecule has 3 rings (SSSR count). The summed E-state index contributed by atoms with van der Waals surface area (Å²) in [6, 6.07) is 15.5. The Bertz CT molecular complexity index is 995. The Balaban J connectivity index is 1.63. The van der Waals surface area contributed by atoms with Crippen molar-refractivity contribution in [2.24, 2.45) is 0 Å². The molecule has 2 aromatic carbocycles. The second-order valence-electron chi connectivity index (χ2n) is 6.43. The fourth-order valence-electron chi connectivity index (χ4n) is 2.72. The van der Waals surface area contributed by atoms with Crippen LogP contribution in [-0.4, -0.2) is 28.5 Å². The van der Waals surface area contributed by atoms with E-state index in [1.807, 2.05) is 19.9 Å². The largest absolute Gasteiger partial charge is 0.462 e. The number of rotatable bonds is 6. The fourth-order valence-corrected chi connectivity index (χ4v) is 2.72. The van der Waals surface area contributed by atoms with Gasteiger partial charge in [-0.15, -0.1) is 0 Å². The third-order valence-corrected chi connectivity index (χ3v) is 4.04. The van der Waals surface area contributed by atoms with Gasteiger partial charge in [0.2, 0.25) is 5.95 Å². The number of benzene rings is 2. The first kappa shape index (κ1) is 20.0. The molecule has 0 aliphatic carbocycles.